The van der Waals surface area contributed by atoms with Gasteiger partial charge in [0.15, 0.2) is 0 Å². The highest BCUT2D eigenvalue weighted by atomic mass is 16.2. The molecule has 0 aliphatic heterocycles. The molecule has 0 aliphatic rings. The molecule has 190 valence electrons. The van der Waals surface area contributed by atoms with Crippen molar-refractivity contribution in [1.29, 1.82) is 0 Å². The van der Waals surface area contributed by atoms with Crippen molar-refractivity contribution in [2.24, 2.45) is 7.05 Å². The summed E-state index contributed by atoms with van der Waals surface area (Å²) in [7, 11) is 1.72. The van der Waals surface area contributed by atoms with E-state index in [1.54, 1.807) is 17.8 Å². The molecule has 0 bridgehead atoms. The lowest BCUT2D eigenvalue weighted by molar-refractivity contribution is 0.0952. The van der Waals surface area contributed by atoms with Crippen LogP contribution in [0.5, 0.6) is 0 Å². The normalized spacial score (nSPS) is 12.4. The number of aryl methyl sites for hydroxylation is 3. The molecule has 1 unspecified atom stereocenters. The van der Waals surface area contributed by atoms with Gasteiger partial charge in [-0.25, -0.2) is 0 Å². The molecule has 1 atom stereocenters. The van der Waals surface area contributed by atoms with E-state index in [2.05, 4.69) is 39.8 Å². The van der Waals surface area contributed by atoms with E-state index in [0.29, 0.717) is 16.6 Å². The van der Waals surface area contributed by atoms with Crippen molar-refractivity contribution in [2.45, 2.75) is 46.7 Å². The van der Waals surface area contributed by atoms with Crippen LogP contribution >= 0.6 is 0 Å². The van der Waals surface area contributed by atoms with Gasteiger partial charge in [-0.2, -0.15) is 0 Å². The molecular weight excluding hydrogens is 466 g/mol. The second-order valence-corrected chi connectivity index (χ2v) is 9.79. The quantitative estimate of drug-likeness (QED) is 0.317. The topological polar surface area (TPSA) is 105 Å². The molecule has 4 aromatic heterocycles. The standard InChI is InChI=1S/C29H31N5O3/c1-6-18(4)34-10-8-20-22(27(35)31-14-23-16(2)11-17(3)32-28(23)36)12-19(13-25(20)34)24-15-33(5)29(37)26-21(24)7-9-30-26/h7-13,15,18,30H,6,14H2,1-5H3,(H,31,35)(H,32,36). The first kappa shape index (κ1) is 24.4. The fourth-order valence-electron chi connectivity index (χ4n) is 5.05. The summed E-state index contributed by atoms with van der Waals surface area (Å²) in [5.74, 6) is -0.261. The Morgan fingerprint density at radius 3 is 2.62 bits per heavy atom. The van der Waals surface area contributed by atoms with Crippen LogP contribution in [0.1, 0.15) is 53.5 Å². The number of nitrogens with one attached hydrogen (secondary N) is 3. The van der Waals surface area contributed by atoms with Crippen molar-refractivity contribution in [3.8, 4) is 11.1 Å². The zero-order valence-electron chi connectivity index (χ0n) is 21.7. The second kappa shape index (κ2) is 9.28. The number of hydrogen-bond donors (Lipinski definition) is 3. The molecular formula is C29H31N5O3. The summed E-state index contributed by atoms with van der Waals surface area (Å²) in [6, 6.07) is 9.95. The third-order valence-corrected chi connectivity index (χ3v) is 7.27. The molecule has 0 aliphatic carbocycles. The van der Waals surface area contributed by atoms with E-state index in [0.717, 1.165) is 45.1 Å². The average molecular weight is 498 g/mol. The van der Waals surface area contributed by atoms with E-state index in [1.165, 1.54) is 0 Å². The molecule has 1 aromatic carbocycles. The highest BCUT2D eigenvalue weighted by Crippen LogP contribution is 2.33. The van der Waals surface area contributed by atoms with Gasteiger partial charge in [0, 0.05) is 76.9 Å². The van der Waals surface area contributed by atoms with Crippen LogP contribution in [0, 0.1) is 13.8 Å². The maximum atomic E-state index is 13.6. The van der Waals surface area contributed by atoms with Gasteiger partial charge in [0.2, 0.25) is 0 Å². The van der Waals surface area contributed by atoms with Crippen LogP contribution in [0.25, 0.3) is 32.9 Å². The smallest absolute Gasteiger partial charge is 0.274 e. The van der Waals surface area contributed by atoms with Crippen molar-refractivity contribution in [3.05, 3.63) is 92.0 Å². The number of aromatic nitrogens is 4. The van der Waals surface area contributed by atoms with Gasteiger partial charge < -0.3 is 24.4 Å². The number of nitrogens with zero attached hydrogens (tertiary/aromatic N) is 2. The van der Waals surface area contributed by atoms with Crippen LogP contribution in [-0.2, 0) is 13.6 Å². The minimum atomic E-state index is -0.261. The summed E-state index contributed by atoms with van der Waals surface area (Å²) < 4.78 is 3.74. The highest BCUT2D eigenvalue weighted by molar-refractivity contribution is 6.09. The molecule has 0 fully saturated rings. The maximum absolute atomic E-state index is 13.6. The van der Waals surface area contributed by atoms with E-state index >= 15 is 0 Å². The Morgan fingerprint density at radius 2 is 1.89 bits per heavy atom. The van der Waals surface area contributed by atoms with Crippen LogP contribution in [0.3, 0.4) is 0 Å². The minimum Gasteiger partial charge on any atom is -0.357 e. The van der Waals surface area contributed by atoms with E-state index in [4.69, 9.17) is 0 Å². The predicted molar refractivity (Wildman–Crippen MR) is 147 cm³/mol. The summed E-state index contributed by atoms with van der Waals surface area (Å²) in [6.07, 6.45) is 6.52. The molecule has 5 rings (SSSR count). The minimum absolute atomic E-state index is 0.107. The van der Waals surface area contributed by atoms with Gasteiger partial charge in [-0.3, -0.25) is 14.4 Å². The number of carbonyl (C=O) groups excluding carboxylic acids is 1. The number of hydrogen-bond acceptors (Lipinski definition) is 3. The van der Waals surface area contributed by atoms with Crippen molar-refractivity contribution < 1.29 is 4.79 Å². The van der Waals surface area contributed by atoms with Gasteiger partial charge in [0.05, 0.1) is 0 Å². The van der Waals surface area contributed by atoms with Gasteiger partial charge in [-0.15, -0.1) is 0 Å². The molecule has 5 aromatic rings. The van der Waals surface area contributed by atoms with E-state index < -0.39 is 0 Å². The molecule has 0 spiro atoms. The Balaban J connectivity index is 1.66. The largest absolute Gasteiger partial charge is 0.357 e. The summed E-state index contributed by atoms with van der Waals surface area (Å²) in [6.45, 7) is 8.11. The number of benzene rings is 1. The third-order valence-electron chi connectivity index (χ3n) is 7.27. The monoisotopic (exact) mass is 497 g/mol. The van der Waals surface area contributed by atoms with E-state index in [9.17, 15) is 14.4 Å². The van der Waals surface area contributed by atoms with Gasteiger partial charge >= 0.3 is 0 Å². The number of rotatable bonds is 6. The first-order valence-corrected chi connectivity index (χ1v) is 12.5. The van der Waals surface area contributed by atoms with Crippen LogP contribution in [0.4, 0.5) is 0 Å². The zero-order valence-corrected chi connectivity index (χ0v) is 21.7. The number of carbonyl (C=O) groups is 1. The Bertz CT molecular complexity index is 1780. The van der Waals surface area contributed by atoms with Crippen LogP contribution in [0.2, 0.25) is 0 Å². The number of pyridine rings is 2. The number of aromatic amines is 2. The summed E-state index contributed by atoms with van der Waals surface area (Å²) >= 11 is 0. The first-order valence-electron chi connectivity index (χ1n) is 12.5. The molecule has 8 heteroatoms. The van der Waals surface area contributed by atoms with Crippen LogP contribution in [0.15, 0.2) is 58.5 Å². The van der Waals surface area contributed by atoms with Crippen molar-refractivity contribution >= 4 is 27.7 Å². The molecule has 8 nitrogen and oxygen atoms in total. The van der Waals surface area contributed by atoms with Crippen LogP contribution < -0.4 is 16.4 Å². The Morgan fingerprint density at radius 1 is 1.11 bits per heavy atom. The Hall–Kier alpha value is -4.33. The SMILES string of the molecule is CCC(C)n1ccc2c(C(=O)NCc3c(C)cc(C)[nH]c3=O)cc(-c3cn(C)c(=O)c4[nH]ccc34)cc21. The summed E-state index contributed by atoms with van der Waals surface area (Å²) in [5.41, 5.74) is 5.54. The number of fused-ring (bicyclic) bond motifs is 2. The molecule has 1 amide bonds. The highest BCUT2D eigenvalue weighted by Gasteiger charge is 2.19. The molecule has 4 heterocycles. The predicted octanol–water partition coefficient (Wildman–Crippen LogP) is 4.69. The zero-order chi connectivity index (χ0) is 26.4. The molecule has 0 saturated heterocycles. The molecule has 3 N–H and O–H groups in total. The first-order chi connectivity index (χ1) is 17.7. The van der Waals surface area contributed by atoms with Gasteiger partial charge in [0.1, 0.15) is 5.52 Å². The molecule has 0 radical (unpaired) electrons. The van der Waals surface area contributed by atoms with Crippen molar-refractivity contribution in [2.75, 3.05) is 0 Å². The Kier molecular flexibility index (Phi) is 6.11. The Labute approximate surface area is 214 Å². The van der Waals surface area contributed by atoms with E-state index in [1.807, 2.05) is 50.5 Å². The second-order valence-electron chi connectivity index (χ2n) is 9.79. The van der Waals surface area contributed by atoms with Gasteiger partial charge in [-0.05, 0) is 68.7 Å². The average Bonchev–Trinajstić information content (AvgIpc) is 3.52. The fraction of sp³-hybridized carbons (Fsp3) is 0.276. The van der Waals surface area contributed by atoms with Crippen LogP contribution in [-0.4, -0.2) is 25.0 Å². The van der Waals surface area contributed by atoms with Gasteiger partial charge in [0.25, 0.3) is 17.0 Å². The third kappa shape index (κ3) is 4.18. The lowest BCUT2D eigenvalue weighted by Crippen LogP contribution is -2.28. The number of amides is 1. The van der Waals surface area contributed by atoms with E-state index in [-0.39, 0.29) is 29.6 Å². The maximum Gasteiger partial charge on any atom is 0.274 e. The van der Waals surface area contributed by atoms with Crippen molar-refractivity contribution in [3.63, 3.8) is 0 Å². The molecule has 0 saturated carbocycles. The summed E-state index contributed by atoms with van der Waals surface area (Å²) in [4.78, 5) is 44.6. The molecule has 37 heavy (non-hydrogen) atoms. The van der Waals surface area contributed by atoms with Crippen molar-refractivity contribution in [1.82, 2.24) is 24.4 Å². The fourth-order valence-corrected chi connectivity index (χ4v) is 5.05. The van der Waals surface area contributed by atoms with Gasteiger partial charge in [-0.1, -0.05) is 6.92 Å². The lowest BCUT2D eigenvalue weighted by Gasteiger charge is -2.16. The number of H-pyrrole nitrogens is 2. The summed E-state index contributed by atoms with van der Waals surface area (Å²) in [5, 5.41) is 4.60. The lowest BCUT2D eigenvalue weighted by atomic mass is 9.98.